The van der Waals surface area contributed by atoms with Gasteiger partial charge in [-0.15, -0.1) is 0 Å². The summed E-state index contributed by atoms with van der Waals surface area (Å²) in [5.74, 6) is -2.67. The molecule has 0 fully saturated rings. The van der Waals surface area contributed by atoms with Gasteiger partial charge in [-0.3, -0.25) is 9.69 Å². The van der Waals surface area contributed by atoms with E-state index in [1.54, 1.807) is 32.9 Å². The zero-order valence-corrected chi connectivity index (χ0v) is 17.5. The van der Waals surface area contributed by atoms with Gasteiger partial charge in [0.2, 0.25) is 5.91 Å². The molecule has 0 unspecified atom stereocenters. The maximum Gasteiger partial charge on any atom is 0.237 e. The van der Waals surface area contributed by atoms with Crippen LogP contribution in [0.4, 0.5) is 13.2 Å². The zero-order valence-electron chi connectivity index (χ0n) is 17.5. The molecular formula is C22H24F3N3O2. The van der Waals surface area contributed by atoms with Crippen LogP contribution < -0.4 is 10.5 Å². The predicted octanol–water partition coefficient (Wildman–Crippen LogP) is 3.73. The number of aliphatic imine (C=N–C) groups is 1. The Balaban J connectivity index is 2.11. The summed E-state index contributed by atoms with van der Waals surface area (Å²) in [6.45, 7) is 5.03. The lowest BCUT2D eigenvalue weighted by molar-refractivity contribution is -0.140. The molecule has 2 aromatic carbocycles. The third kappa shape index (κ3) is 3.30. The minimum atomic E-state index is -1.26. The fourth-order valence-corrected chi connectivity index (χ4v) is 3.75. The smallest absolute Gasteiger partial charge is 0.237 e. The average Bonchev–Trinajstić information content (AvgIpc) is 2.69. The van der Waals surface area contributed by atoms with Crippen LogP contribution in [0.25, 0.3) is 0 Å². The minimum absolute atomic E-state index is 0.00565. The number of nitrogens with two attached hydrogens (primary N) is 1. The number of guanidine groups is 1. The molecule has 0 bridgehead atoms. The van der Waals surface area contributed by atoms with Crippen molar-refractivity contribution in [2.45, 2.75) is 32.7 Å². The van der Waals surface area contributed by atoms with Gasteiger partial charge in [-0.1, -0.05) is 12.1 Å². The standard InChI is InChI=1S/C22H24F3N3O2/c1-21(2)19(29)28(4)20(26)27-22(21,3)14-9-12(6-7-15(14)23)8-13-10-16(24)17(25)11-18(13)30-5/h6-7,9-11H,8H2,1-5H3,(H2,26,27)/t22-/m1/s1. The van der Waals surface area contributed by atoms with E-state index in [1.165, 1.54) is 25.1 Å². The van der Waals surface area contributed by atoms with Crippen LogP contribution in [0.1, 0.15) is 37.5 Å². The molecule has 0 radical (unpaired) electrons. The number of nitrogens with zero attached hydrogens (tertiary/aromatic N) is 2. The van der Waals surface area contributed by atoms with Gasteiger partial charge in [0, 0.05) is 30.7 Å². The Morgan fingerprint density at radius 1 is 1.07 bits per heavy atom. The molecule has 5 nitrogen and oxygen atoms in total. The molecule has 0 aliphatic carbocycles. The van der Waals surface area contributed by atoms with E-state index in [4.69, 9.17) is 10.5 Å². The number of hydrogen-bond acceptors (Lipinski definition) is 4. The molecule has 1 atom stereocenters. The summed E-state index contributed by atoms with van der Waals surface area (Å²) in [7, 11) is 2.88. The van der Waals surface area contributed by atoms with Crippen LogP contribution in [-0.4, -0.2) is 30.9 Å². The van der Waals surface area contributed by atoms with Gasteiger partial charge in [-0.25, -0.2) is 18.2 Å². The van der Waals surface area contributed by atoms with Crippen LogP contribution in [0.5, 0.6) is 5.75 Å². The van der Waals surface area contributed by atoms with Crippen molar-refractivity contribution in [1.82, 2.24) is 4.90 Å². The first-order valence-electron chi connectivity index (χ1n) is 9.36. The quantitative estimate of drug-likeness (QED) is 0.821. The summed E-state index contributed by atoms with van der Waals surface area (Å²) in [4.78, 5) is 18.5. The van der Waals surface area contributed by atoms with Gasteiger partial charge >= 0.3 is 0 Å². The van der Waals surface area contributed by atoms with Gasteiger partial charge < -0.3 is 10.5 Å². The Morgan fingerprint density at radius 3 is 2.33 bits per heavy atom. The fraction of sp³-hybridized carbons (Fsp3) is 0.364. The monoisotopic (exact) mass is 419 g/mol. The van der Waals surface area contributed by atoms with Crippen molar-refractivity contribution < 1.29 is 22.7 Å². The summed E-state index contributed by atoms with van der Waals surface area (Å²) in [5.41, 5.74) is 4.79. The van der Waals surface area contributed by atoms with Crippen LogP contribution in [0.2, 0.25) is 0 Å². The Bertz CT molecular complexity index is 1050. The highest BCUT2D eigenvalue weighted by atomic mass is 19.2. The van der Waals surface area contributed by atoms with Crippen LogP contribution in [-0.2, 0) is 16.8 Å². The maximum atomic E-state index is 14.9. The lowest BCUT2D eigenvalue weighted by Crippen LogP contribution is -2.58. The summed E-state index contributed by atoms with van der Waals surface area (Å²) >= 11 is 0. The second-order valence-electron chi connectivity index (χ2n) is 8.10. The second kappa shape index (κ2) is 7.34. The van der Waals surface area contributed by atoms with E-state index >= 15 is 0 Å². The van der Waals surface area contributed by atoms with Gasteiger partial charge in [-0.2, -0.15) is 0 Å². The molecule has 2 N–H and O–H groups in total. The molecule has 0 saturated carbocycles. The van der Waals surface area contributed by atoms with Gasteiger partial charge in [0.05, 0.1) is 12.5 Å². The molecule has 8 heteroatoms. The average molecular weight is 419 g/mol. The Labute approximate surface area is 173 Å². The topological polar surface area (TPSA) is 67.9 Å². The molecule has 0 saturated heterocycles. The number of carbonyl (C=O) groups excluding carboxylic acids is 1. The number of carbonyl (C=O) groups is 1. The van der Waals surface area contributed by atoms with Crippen LogP contribution in [0, 0.1) is 22.9 Å². The number of hydrogen-bond donors (Lipinski definition) is 1. The Hall–Kier alpha value is -3.03. The molecule has 2 aromatic rings. The van der Waals surface area contributed by atoms with Crippen molar-refractivity contribution >= 4 is 11.9 Å². The summed E-state index contributed by atoms with van der Waals surface area (Å²) in [6.07, 6.45) is 0.164. The first kappa shape index (κ1) is 21.7. The maximum absolute atomic E-state index is 14.9. The van der Waals surface area contributed by atoms with Crippen LogP contribution in [0.15, 0.2) is 35.3 Å². The summed E-state index contributed by atoms with van der Waals surface area (Å²) < 4.78 is 47.3. The van der Waals surface area contributed by atoms with E-state index in [0.717, 1.165) is 12.1 Å². The largest absolute Gasteiger partial charge is 0.496 e. The van der Waals surface area contributed by atoms with E-state index in [-0.39, 0.29) is 29.6 Å². The Kier molecular flexibility index (Phi) is 5.30. The number of ether oxygens (including phenoxy) is 1. The number of rotatable bonds is 4. The third-order valence-corrected chi connectivity index (χ3v) is 6.01. The van der Waals surface area contributed by atoms with Gasteiger partial charge in [-0.05, 0) is 38.5 Å². The Morgan fingerprint density at radius 2 is 1.70 bits per heavy atom. The molecule has 1 heterocycles. The normalized spacial score (nSPS) is 20.9. The number of benzene rings is 2. The van der Waals surface area contributed by atoms with E-state index in [2.05, 4.69) is 4.99 Å². The minimum Gasteiger partial charge on any atom is -0.496 e. The molecule has 160 valence electrons. The van der Waals surface area contributed by atoms with Crippen molar-refractivity contribution in [2.24, 2.45) is 16.1 Å². The van der Waals surface area contributed by atoms with Crippen molar-refractivity contribution in [2.75, 3.05) is 14.2 Å². The molecule has 1 amide bonds. The number of methoxy groups -OCH3 is 1. The number of halogens is 3. The van der Waals surface area contributed by atoms with Gasteiger partial charge in [0.15, 0.2) is 17.6 Å². The van der Waals surface area contributed by atoms with Crippen molar-refractivity contribution in [3.8, 4) is 5.75 Å². The van der Waals surface area contributed by atoms with Crippen LogP contribution >= 0.6 is 0 Å². The molecule has 0 spiro atoms. The lowest BCUT2D eigenvalue weighted by Gasteiger charge is -2.46. The van der Waals surface area contributed by atoms with Crippen LogP contribution in [0.3, 0.4) is 0 Å². The predicted molar refractivity (Wildman–Crippen MR) is 108 cm³/mol. The third-order valence-electron chi connectivity index (χ3n) is 6.01. The summed E-state index contributed by atoms with van der Waals surface area (Å²) in [6, 6.07) is 6.41. The zero-order chi connectivity index (χ0) is 22.4. The van der Waals surface area contributed by atoms with E-state index in [9.17, 15) is 18.0 Å². The van der Waals surface area contributed by atoms with Gasteiger partial charge in [0.1, 0.15) is 17.1 Å². The molecule has 1 aliphatic heterocycles. The molecule has 30 heavy (non-hydrogen) atoms. The number of amides is 1. The molecular weight excluding hydrogens is 395 g/mol. The highest BCUT2D eigenvalue weighted by Crippen LogP contribution is 2.47. The highest BCUT2D eigenvalue weighted by Gasteiger charge is 2.53. The first-order valence-corrected chi connectivity index (χ1v) is 9.36. The summed E-state index contributed by atoms with van der Waals surface area (Å²) in [5, 5.41) is 0. The van der Waals surface area contributed by atoms with Crippen molar-refractivity contribution in [3.05, 3.63) is 64.5 Å². The molecule has 3 rings (SSSR count). The van der Waals surface area contributed by atoms with Gasteiger partial charge in [0.25, 0.3) is 0 Å². The fourth-order valence-electron chi connectivity index (χ4n) is 3.75. The van der Waals surface area contributed by atoms with E-state index < -0.39 is 28.4 Å². The SMILES string of the molecule is COc1cc(F)c(F)cc1Cc1ccc(F)c([C@@]2(C)N=C(N)N(C)C(=O)C2(C)C)c1. The first-order chi connectivity index (χ1) is 13.9. The lowest BCUT2D eigenvalue weighted by atomic mass is 9.67. The molecule has 1 aliphatic rings. The highest BCUT2D eigenvalue weighted by molar-refractivity contribution is 6.01. The molecule has 0 aromatic heterocycles. The second-order valence-corrected chi connectivity index (χ2v) is 8.10. The van der Waals surface area contributed by atoms with Crippen molar-refractivity contribution in [1.29, 1.82) is 0 Å². The van der Waals surface area contributed by atoms with E-state index in [1.807, 2.05) is 0 Å². The van der Waals surface area contributed by atoms with Crippen molar-refractivity contribution in [3.63, 3.8) is 0 Å². The van der Waals surface area contributed by atoms with E-state index in [0.29, 0.717) is 11.1 Å².